The van der Waals surface area contributed by atoms with Gasteiger partial charge in [-0.25, -0.2) is 14.2 Å². The Kier molecular flexibility index (Phi) is 3.79. The number of carbonyl (C=O) groups is 2. The summed E-state index contributed by atoms with van der Waals surface area (Å²) in [7, 11) is 0. The summed E-state index contributed by atoms with van der Waals surface area (Å²) in [5.74, 6) is -2.41. The van der Waals surface area contributed by atoms with Crippen LogP contribution in [0.3, 0.4) is 0 Å². The Hall–Kier alpha value is -2.70. The van der Waals surface area contributed by atoms with Crippen molar-refractivity contribution in [2.45, 2.75) is 13.0 Å². The van der Waals surface area contributed by atoms with E-state index in [4.69, 9.17) is 5.11 Å². The van der Waals surface area contributed by atoms with E-state index in [0.717, 1.165) is 6.33 Å². The van der Waals surface area contributed by atoms with Crippen LogP contribution in [0.4, 0.5) is 4.39 Å². The molecule has 3 N–H and O–H groups in total. The minimum absolute atomic E-state index is 0.235. The molecule has 0 aliphatic heterocycles. The van der Waals surface area contributed by atoms with Gasteiger partial charge in [-0.2, -0.15) is 0 Å². The van der Waals surface area contributed by atoms with Crippen LogP contribution >= 0.6 is 0 Å². The maximum Gasteiger partial charge on any atom is 0.354 e. The Bertz CT molecular complexity index is 654. The summed E-state index contributed by atoms with van der Waals surface area (Å²) in [6.07, 6.45) is 1.12. The molecule has 1 heterocycles. The van der Waals surface area contributed by atoms with Crippen molar-refractivity contribution in [1.82, 2.24) is 15.3 Å². The minimum atomic E-state index is -1.29. The molecule has 104 valence electrons. The zero-order chi connectivity index (χ0) is 14.7. The molecule has 0 bridgehead atoms. The number of aromatic nitrogens is 2. The van der Waals surface area contributed by atoms with Crippen molar-refractivity contribution in [3.63, 3.8) is 0 Å². The number of aromatic carboxylic acids is 1. The summed E-state index contributed by atoms with van der Waals surface area (Å²) < 4.78 is 13.6. The van der Waals surface area contributed by atoms with Gasteiger partial charge in [-0.05, 0) is 13.0 Å². The molecule has 0 aliphatic carbocycles. The van der Waals surface area contributed by atoms with Crippen LogP contribution in [0.2, 0.25) is 0 Å². The largest absolute Gasteiger partial charge is 0.477 e. The van der Waals surface area contributed by atoms with Gasteiger partial charge in [0.2, 0.25) is 0 Å². The highest BCUT2D eigenvalue weighted by Crippen LogP contribution is 2.16. The standard InChI is InChI=1S/C13H12FN3O3/c1-7(8-4-2-3-5-9(8)14)17-12(18)10-11(13(19)20)16-6-15-10/h2-7H,1H3,(H,15,16)(H,17,18)(H,19,20)/t7-/m0/s1. The number of hydrogen-bond acceptors (Lipinski definition) is 3. The monoisotopic (exact) mass is 277 g/mol. The van der Waals surface area contributed by atoms with Crippen LogP contribution < -0.4 is 5.32 Å². The Balaban J connectivity index is 2.18. The lowest BCUT2D eigenvalue weighted by Gasteiger charge is -2.14. The number of nitrogens with one attached hydrogen (secondary N) is 2. The third-order valence-electron chi connectivity index (χ3n) is 2.79. The fourth-order valence-electron chi connectivity index (χ4n) is 1.80. The zero-order valence-electron chi connectivity index (χ0n) is 10.6. The molecular formula is C13H12FN3O3. The molecule has 2 rings (SSSR count). The summed E-state index contributed by atoms with van der Waals surface area (Å²) in [5, 5.41) is 11.4. The fourth-order valence-corrected chi connectivity index (χ4v) is 1.80. The van der Waals surface area contributed by atoms with Crippen LogP contribution in [-0.4, -0.2) is 27.0 Å². The molecular weight excluding hydrogens is 265 g/mol. The molecule has 0 saturated carbocycles. The third kappa shape index (κ3) is 2.66. The maximum atomic E-state index is 13.6. The van der Waals surface area contributed by atoms with Gasteiger partial charge in [-0.3, -0.25) is 4.79 Å². The first-order valence-electron chi connectivity index (χ1n) is 5.82. The second-order valence-corrected chi connectivity index (χ2v) is 4.15. The predicted molar refractivity (Wildman–Crippen MR) is 67.8 cm³/mol. The number of halogens is 1. The number of H-pyrrole nitrogens is 1. The zero-order valence-corrected chi connectivity index (χ0v) is 10.6. The van der Waals surface area contributed by atoms with E-state index in [9.17, 15) is 14.0 Å². The van der Waals surface area contributed by atoms with Crippen molar-refractivity contribution < 1.29 is 19.1 Å². The first kappa shape index (κ1) is 13.7. The van der Waals surface area contributed by atoms with Crippen molar-refractivity contribution in [3.8, 4) is 0 Å². The smallest absolute Gasteiger partial charge is 0.354 e. The number of carbonyl (C=O) groups excluding carboxylic acids is 1. The lowest BCUT2D eigenvalue weighted by atomic mass is 10.1. The van der Waals surface area contributed by atoms with Gasteiger partial charge in [0.25, 0.3) is 5.91 Å². The molecule has 6 nitrogen and oxygen atoms in total. The summed E-state index contributed by atoms with van der Waals surface area (Å²) in [6, 6.07) is 5.42. The summed E-state index contributed by atoms with van der Waals surface area (Å²) >= 11 is 0. The van der Waals surface area contributed by atoms with Crippen molar-refractivity contribution in [1.29, 1.82) is 0 Å². The van der Waals surface area contributed by atoms with E-state index in [-0.39, 0.29) is 11.4 Å². The SMILES string of the molecule is C[C@H](NC(=O)c1nc[nH]c1C(=O)O)c1ccccc1F. The normalized spacial score (nSPS) is 11.9. The summed E-state index contributed by atoms with van der Waals surface area (Å²) in [5.41, 5.74) is -0.225. The fraction of sp³-hybridized carbons (Fsp3) is 0.154. The first-order chi connectivity index (χ1) is 9.50. The van der Waals surface area contributed by atoms with Crippen LogP contribution in [0, 0.1) is 5.82 Å². The van der Waals surface area contributed by atoms with Gasteiger partial charge in [0, 0.05) is 5.56 Å². The van der Waals surface area contributed by atoms with Crippen LogP contribution in [0.15, 0.2) is 30.6 Å². The van der Waals surface area contributed by atoms with E-state index in [1.54, 1.807) is 25.1 Å². The summed E-state index contributed by atoms with van der Waals surface area (Å²) in [6.45, 7) is 1.60. The van der Waals surface area contributed by atoms with E-state index < -0.39 is 23.7 Å². The molecule has 1 atom stereocenters. The molecule has 0 saturated heterocycles. The Morgan fingerprint density at radius 1 is 1.40 bits per heavy atom. The Morgan fingerprint density at radius 2 is 2.10 bits per heavy atom. The number of carboxylic acid groups (broad SMARTS) is 1. The lowest BCUT2D eigenvalue weighted by molar-refractivity contribution is 0.0684. The topological polar surface area (TPSA) is 95.1 Å². The van der Waals surface area contributed by atoms with Crippen LogP contribution in [0.5, 0.6) is 0 Å². The number of benzene rings is 1. The molecule has 0 unspecified atom stereocenters. The van der Waals surface area contributed by atoms with E-state index in [1.165, 1.54) is 6.07 Å². The van der Waals surface area contributed by atoms with E-state index >= 15 is 0 Å². The van der Waals surface area contributed by atoms with Gasteiger partial charge in [0.05, 0.1) is 12.4 Å². The molecule has 0 fully saturated rings. The van der Waals surface area contributed by atoms with Gasteiger partial charge in [0.15, 0.2) is 11.4 Å². The average molecular weight is 277 g/mol. The number of amides is 1. The number of imidazole rings is 1. The second kappa shape index (κ2) is 5.52. The van der Waals surface area contributed by atoms with E-state index in [0.29, 0.717) is 5.56 Å². The third-order valence-corrected chi connectivity index (χ3v) is 2.79. The number of aromatic amines is 1. The molecule has 1 aromatic carbocycles. The van der Waals surface area contributed by atoms with Crippen molar-refractivity contribution in [2.75, 3.05) is 0 Å². The highest BCUT2D eigenvalue weighted by molar-refractivity contribution is 6.02. The quantitative estimate of drug-likeness (QED) is 0.793. The van der Waals surface area contributed by atoms with Crippen LogP contribution in [-0.2, 0) is 0 Å². The minimum Gasteiger partial charge on any atom is -0.477 e. The van der Waals surface area contributed by atoms with Gasteiger partial charge in [-0.1, -0.05) is 18.2 Å². The lowest BCUT2D eigenvalue weighted by Crippen LogP contribution is -2.29. The molecule has 0 spiro atoms. The molecule has 0 radical (unpaired) electrons. The van der Waals surface area contributed by atoms with E-state index in [1.807, 2.05) is 0 Å². The van der Waals surface area contributed by atoms with E-state index in [2.05, 4.69) is 15.3 Å². The number of hydrogen-bond donors (Lipinski definition) is 3. The van der Waals surface area contributed by atoms with Crippen molar-refractivity contribution in [2.24, 2.45) is 0 Å². The molecule has 7 heteroatoms. The van der Waals surface area contributed by atoms with Gasteiger partial charge in [-0.15, -0.1) is 0 Å². The molecule has 1 amide bonds. The van der Waals surface area contributed by atoms with Crippen LogP contribution in [0.1, 0.15) is 39.5 Å². The highest BCUT2D eigenvalue weighted by Gasteiger charge is 2.22. The first-order valence-corrected chi connectivity index (χ1v) is 5.82. The maximum absolute atomic E-state index is 13.6. The number of nitrogens with zero attached hydrogens (tertiary/aromatic N) is 1. The van der Waals surface area contributed by atoms with Crippen molar-refractivity contribution >= 4 is 11.9 Å². The number of rotatable bonds is 4. The van der Waals surface area contributed by atoms with Crippen molar-refractivity contribution in [3.05, 3.63) is 53.4 Å². The predicted octanol–water partition coefficient (Wildman–Crippen LogP) is 1.74. The van der Waals surface area contributed by atoms with Crippen LogP contribution in [0.25, 0.3) is 0 Å². The second-order valence-electron chi connectivity index (χ2n) is 4.15. The Labute approximate surface area is 113 Å². The highest BCUT2D eigenvalue weighted by atomic mass is 19.1. The summed E-state index contributed by atoms with van der Waals surface area (Å²) in [4.78, 5) is 28.9. The van der Waals surface area contributed by atoms with Gasteiger partial charge >= 0.3 is 5.97 Å². The Morgan fingerprint density at radius 3 is 2.75 bits per heavy atom. The molecule has 1 aromatic heterocycles. The molecule has 20 heavy (non-hydrogen) atoms. The van der Waals surface area contributed by atoms with Gasteiger partial charge in [0.1, 0.15) is 5.82 Å². The van der Waals surface area contributed by atoms with Gasteiger partial charge < -0.3 is 15.4 Å². The molecule has 2 aromatic rings. The number of carboxylic acids is 1. The average Bonchev–Trinajstić information content (AvgIpc) is 2.88. The molecule has 0 aliphatic rings.